The fourth-order valence-corrected chi connectivity index (χ4v) is 2.27. The van der Waals surface area contributed by atoms with E-state index in [4.69, 9.17) is 33.4 Å². The minimum absolute atomic E-state index is 0.253. The minimum Gasteiger partial charge on any atom is -0.414 e. The van der Waals surface area contributed by atoms with Crippen LogP contribution in [0.3, 0.4) is 0 Å². The lowest BCUT2D eigenvalue weighted by Gasteiger charge is -2.01. The predicted octanol–water partition coefficient (Wildman–Crippen LogP) is 3.69. The smallest absolute Gasteiger partial charge is 0.276 e. The van der Waals surface area contributed by atoms with Crippen LogP contribution in [0, 0.1) is 0 Å². The van der Waals surface area contributed by atoms with E-state index in [1.165, 1.54) is 11.8 Å². The number of aromatic nitrogens is 2. The first-order valence-electron chi connectivity index (χ1n) is 5.22. The van der Waals surface area contributed by atoms with Crippen molar-refractivity contribution in [1.82, 2.24) is 10.2 Å². The molecule has 1 aromatic carbocycles. The van der Waals surface area contributed by atoms with Gasteiger partial charge in [-0.1, -0.05) is 41.0 Å². The van der Waals surface area contributed by atoms with Gasteiger partial charge >= 0.3 is 0 Å². The van der Waals surface area contributed by atoms with Crippen LogP contribution < -0.4 is 5.73 Å². The van der Waals surface area contributed by atoms with Crippen LogP contribution in [0.15, 0.2) is 27.8 Å². The molecule has 2 rings (SSSR count). The molecule has 0 fully saturated rings. The molecule has 7 heteroatoms. The van der Waals surface area contributed by atoms with E-state index in [1.54, 1.807) is 13.0 Å². The maximum atomic E-state index is 5.93. The molecule has 0 aliphatic rings. The van der Waals surface area contributed by atoms with Gasteiger partial charge < -0.3 is 10.2 Å². The highest BCUT2D eigenvalue weighted by Gasteiger charge is 2.10. The lowest BCUT2D eigenvalue weighted by molar-refractivity contribution is 0.394. The van der Waals surface area contributed by atoms with E-state index in [2.05, 4.69) is 10.2 Å². The standard InChI is InChI=1S/C11H11Cl2N3OS/c1-6(14)10-15-16-11(17-10)18-5-7-2-3-8(12)9(13)4-7/h2-4,6H,5,14H2,1H3/t6-/m1/s1. The van der Waals surface area contributed by atoms with Crippen molar-refractivity contribution in [3.8, 4) is 0 Å². The summed E-state index contributed by atoms with van der Waals surface area (Å²) in [4.78, 5) is 0. The number of hydrogen-bond donors (Lipinski definition) is 1. The third-order valence-corrected chi connectivity index (χ3v) is 3.79. The molecule has 18 heavy (non-hydrogen) atoms. The Morgan fingerprint density at radius 1 is 1.33 bits per heavy atom. The number of hydrogen-bond acceptors (Lipinski definition) is 5. The molecule has 0 saturated carbocycles. The summed E-state index contributed by atoms with van der Waals surface area (Å²) in [5.74, 6) is 1.11. The molecule has 2 N–H and O–H groups in total. The summed E-state index contributed by atoms with van der Waals surface area (Å²) in [6, 6.07) is 5.24. The highest BCUT2D eigenvalue weighted by molar-refractivity contribution is 7.98. The molecule has 0 spiro atoms. The number of benzene rings is 1. The average Bonchev–Trinajstić information content (AvgIpc) is 2.79. The van der Waals surface area contributed by atoms with Crippen LogP contribution in [0.2, 0.25) is 10.0 Å². The van der Waals surface area contributed by atoms with Gasteiger partial charge in [-0.3, -0.25) is 0 Å². The second kappa shape index (κ2) is 5.93. The Bertz CT molecular complexity index is 545. The van der Waals surface area contributed by atoms with Gasteiger partial charge in [0.2, 0.25) is 5.89 Å². The first-order chi connectivity index (χ1) is 8.56. The van der Waals surface area contributed by atoms with Crippen LogP contribution in [0.4, 0.5) is 0 Å². The summed E-state index contributed by atoms with van der Waals surface area (Å²) < 4.78 is 5.38. The first-order valence-corrected chi connectivity index (χ1v) is 6.96. The SMILES string of the molecule is C[C@@H](N)c1nnc(SCc2ccc(Cl)c(Cl)c2)o1. The summed E-state index contributed by atoms with van der Waals surface area (Å²) in [6.45, 7) is 1.79. The van der Waals surface area contributed by atoms with Crippen LogP contribution in [-0.2, 0) is 5.75 Å². The highest BCUT2D eigenvalue weighted by Crippen LogP contribution is 2.27. The molecule has 0 radical (unpaired) electrons. The number of rotatable bonds is 4. The highest BCUT2D eigenvalue weighted by atomic mass is 35.5. The third kappa shape index (κ3) is 3.38. The molecule has 0 amide bonds. The van der Waals surface area contributed by atoms with Gasteiger partial charge in [0.05, 0.1) is 16.1 Å². The molecule has 0 unspecified atom stereocenters. The Hall–Kier alpha value is -0.750. The lowest BCUT2D eigenvalue weighted by atomic mass is 10.2. The quantitative estimate of drug-likeness (QED) is 0.873. The minimum atomic E-state index is -0.253. The maximum absolute atomic E-state index is 5.93. The first kappa shape index (κ1) is 13.7. The molecule has 1 heterocycles. The largest absolute Gasteiger partial charge is 0.414 e. The lowest BCUT2D eigenvalue weighted by Crippen LogP contribution is -2.04. The number of thioether (sulfide) groups is 1. The van der Waals surface area contributed by atoms with Crippen molar-refractivity contribution >= 4 is 35.0 Å². The van der Waals surface area contributed by atoms with Crippen molar-refractivity contribution in [3.05, 3.63) is 39.7 Å². The van der Waals surface area contributed by atoms with E-state index in [9.17, 15) is 0 Å². The Morgan fingerprint density at radius 2 is 2.11 bits per heavy atom. The van der Waals surface area contributed by atoms with Gasteiger partial charge in [0.1, 0.15) is 0 Å². The Balaban J connectivity index is 2.00. The molecule has 0 bridgehead atoms. The zero-order chi connectivity index (χ0) is 13.1. The summed E-state index contributed by atoms with van der Waals surface area (Å²) in [7, 11) is 0. The molecule has 1 aromatic heterocycles. The molecule has 0 saturated heterocycles. The molecule has 0 aliphatic heterocycles. The molecule has 1 atom stereocenters. The molecule has 96 valence electrons. The topological polar surface area (TPSA) is 64.9 Å². The number of nitrogens with two attached hydrogens (primary N) is 1. The van der Waals surface area contributed by atoms with Gasteiger partial charge in [-0.05, 0) is 24.6 Å². The Morgan fingerprint density at radius 3 is 2.72 bits per heavy atom. The monoisotopic (exact) mass is 303 g/mol. The van der Waals surface area contributed by atoms with E-state index in [0.717, 1.165) is 5.56 Å². The number of halogens is 2. The Labute approximate surface area is 119 Å². The van der Waals surface area contributed by atoms with Gasteiger partial charge in [0.25, 0.3) is 5.22 Å². The number of nitrogens with zero attached hydrogens (tertiary/aromatic N) is 2. The fourth-order valence-electron chi connectivity index (χ4n) is 1.24. The van der Waals surface area contributed by atoms with Gasteiger partial charge in [-0.25, -0.2) is 0 Å². The van der Waals surface area contributed by atoms with Crippen LogP contribution in [0.1, 0.15) is 24.4 Å². The van der Waals surface area contributed by atoms with Crippen molar-refractivity contribution in [3.63, 3.8) is 0 Å². The third-order valence-electron chi connectivity index (χ3n) is 2.16. The molecule has 2 aromatic rings. The van der Waals surface area contributed by atoms with Crippen molar-refractivity contribution in [2.24, 2.45) is 5.73 Å². The van der Waals surface area contributed by atoms with Crippen LogP contribution in [0.25, 0.3) is 0 Å². The summed E-state index contributed by atoms with van der Waals surface area (Å²) in [6.07, 6.45) is 0. The van der Waals surface area contributed by atoms with Crippen molar-refractivity contribution < 1.29 is 4.42 Å². The molecule has 0 aliphatic carbocycles. The summed E-state index contributed by atoms with van der Waals surface area (Å²) >= 11 is 13.2. The van der Waals surface area contributed by atoms with Crippen molar-refractivity contribution in [2.45, 2.75) is 23.9 Å². The van der Waals surface area contributed by atoms with Crippen LogP contribution in [0.5, 0.6) is 0 Å². The second-order valence-electron chi connectivity index (χ2n) is 3.73. The molecular weight excluding hydrogens is 293 g/mol. The van der Waals surface area contributed by atoms with Crippen molar-refractivity contribution in [2.75, 3.05) is 0 Å². The molecule has 4 nitrogen and oxygen atoms in total. The van der Waals surface area contributed by atoms with E-state index in [0.29, 0.717) is 26.9 Å². The summed E-state index contributed by atoms with van der Waals surface area (Å²) in [5, 5.41) is 9.33. The summed E-state index contributed by atoms with van der Waals surface area (Å²) in [5.41, 5.74) is 6.67. The second-order valence-corrected chi connectivity index (χ2v) is 5.47. The van der Waals surface area contributed by atoms with E-state index >= 15 is 0 Å². The van der Waals surface area contributed by atoms with Gasteiger partial charge in [-0.2, -0.15) is 0 Å². The van der Waals surface area contributed by atoms with E-state index < -0.39 is 0 Å². The fraction of sp³-hybridized carbons (Fsp3) is 0.273. The predicted molar refractivity (Wildman–Crippen MR) is 72.9 cm³/mol. The van der Waals surface area contributed by atoms with Crippen LogP contribution >= 0.6 is 35.0 Å². The normalized spacial score (nSPS) is 12.7. The van der Waals surface area contributed by atoms with E-state index in [-0.39, 0.29) is 6.04 Å². The van der Waals surface area contributed by atoms with Gasteiger partial charge in [0, 0.05) is 5.75 Å². The van der Waals surface area contributed by atoms with Gasteiger partial charge in [0.15, 0.2) is 0 Å². The average molecular weight is 304 g/mol. The van der Waals surface area contributed by atoms with Crippen molar-refractivity contribution in [1.29, 1.82) is 0 Å². The Kier molecular flexibility index (Phi) is 4.50. The zero-order valence-corrected chi connectivity index (χ0v) is 11.9. The molecular formula is C11H11Cl2N3OS. The zero-order valence-electron chi connectivity index (χ0n) is 9.56. The van der Waals surface area contributed by atoms with Crippen LogP contribution in [-0.4, -0.2) is 10.2 Å². The van der Waals surface area contributed by atoms with E-state index in [1.807, 2.05) is 12.1 Å². The maximum Gasteiger partial charge on any atom is 0.276 e. The van der Waals surface area contributed by atoms with Gasteiger partial charge in [-0.15, -0.1) is 10.2 Å².